The molecule has 1 atom stereocenters. The molecule has 3 aromatic rings. The van der Waals surface area contributed by atoms with E-state index < -0.39 is 0 Å². The van der Waals surface area contributed by atoms with Crippen LogP contribution in [0.3, 0.4) is 0 Å². The minimum Gasteiger partial charge on any atom is -0.493 e. The van der Waals surface area contributed by atoms with E-state index in [9.17, 15) is 9.18 Å². The fraction of sp³-hybridized carbons (Fsp3) is 0.316. The molecule has 0 aliphatic carbocycles. The molecule has 0 bridgehead atoms. The standard InChI is InChI=1S/C19H19FN4O2/c20-15-4-6-16(7-5-15)26-13-14-3-1-9-23(11-14)18(25)17-12-24-10-2-8-21-19(24)22-17/h2,4-8,10,12,14H,1,3,9,11,13H2/t14-/m1/s1. The number of nitrogens with zero attached hydrogens (tertiary/aromatic N) is 4. The first-order chi connectivity index (χ1) is 12.7. The van der Waals surface area contributed by atoms with E-state index in [0.29, 0.717) is 36.9 Å². The number of likely N-dealkylation sites (tertiary alicyclic amines) is 1. The minimum absolute atomic E-state index is 0.0815. The van der Waals surface area contributed by atoms with Crippen molar-refractivity contribution in [3.8, 4) is 5.75 Å². The quantitative estimate of drug-likeness (QED) is 0.723. The first-order valence-corrected chi connectivity index (χ1v) is 8.66. The Hall–Kier alpha value is -2.96. The predicted octanol–water partition coefficient (Wildman–Crippen LogP) is 2.80. The molecule has 1 amide bonds. The number of amides is 1. The molecule has 0 N–H and O–H groups in total. The molecular weight excluding hydrogens is 335 g/mol. The molecular formula is C19H19FN4O2. The summed E-state index contributed by atoms with van der Waals surface area (Å²) in [4.78, 5) is 23.0. The lowest BCUT2D eigenvalue weighted by Crippen LogP contribution is -2.41. The Balaban J connectivity index is 1.39. The second-order valence-corrected chi connectivity index (χ2v) is 6.48. The summed E-state index contributed by atoms with van der Waals surface area (Å²) in [7, 11) is 0. The number of benzene rings is 1. The van der Waals surface area contributed by atoms with Gasteiger partial charge in [0.25, 0.3) is 5.91 Å². The van der Waals surface area contributed by atoms with Crippen LogP contribution in [0.1, 0.15) is 23.3 Å². The molecule has 2 aromatic heterocycles. The van der Waals surface area contributed by atoms with Gasteiger partial charge >= 0.3 is 0 Å². The summed E-state index contributed by atoms with van der Waals surface area (Å²) in [6, 6.07) is 7.79. The van der Waals surface area contributed by atoms with Crippen molar-refractivity contribution >= 4 is 11.7 Å². The molecule has 7 heteroatoms. The Bertz CT molecular complexity index is 876. The second-order valence-electron chi connectivity index (χ2n) is 6.48. The summed E-state index contributed by atoms with van der Waals surface area (Å²) in [5.74, 6) is 1.04. The van der Waals surface area contributed by atoms with Gasteiger partial charge in [0.05, 0.1) is 6.61 Å². The van der Waals surface area contributed by atoms with Gasteiger partial charge in [-0.15, -0.1) is 0 Å². The lowest BCUT2D eigenvalue weighted by Gasteiger charge is -2.32. The van der Waals surface area contributed by atoms with Crippen LogP contribution in [0.15, 0.2) is 48.9 Å². The monoisotopic (exact) mass is 354 g/mol. The zero-order chi connectivity index (χ0) is 17.9. The zero-order valence-electron chi connectivity index (χ0n) is 14.2. The van der Waals surface area contributed by atoms with Gasteiger partial charge in [-0.3, -0.25) is 9.20 Å². The Kier molecular flexibility index (Phi) is 4.51. The maximum absolute atomic E-state index is 12.9. The van der Waals surface area contributed by atoms with Crippen LogP contribution in [0.4, 0.5) is 4.39 Å². The van der Waals surface area contributed by atoms with Crippen LogP contribution in [-0.2, 0) is 0 Å². The fourth-order valence-electron chi connectivity index (χ4n) is 3.23. The molecule has 0 radical (unpaired) electrons. The average molecular weight is 354 g/mol. The van der Waals surface area contributed by atoms with Gasteiger partial charge in [0.15, 0.2) is 0 Å². The molecule has 1 aliphatic rings. The third-order valence-electron chi connectivity index (χ3n) is 4.56. The molecule has 1 aliphatic heterocycles. The Morgan fingerprint density at radius 1 is 1.31 bits per heavy atom. The predicted molar refractivity (Wildman–Crippen MR) is 93.5 cm³/mol. The van der Waals surface area contributed by atoms with Crippen LogP contribution < -0.4 is 4.74 Å². The largest absolute Gasteiger partial charge is 0.493 e. The number of hydrogen-bond acceptors (Lipinski definition) is 4. The van der Waals surface area contributed by atoms with Crippen molar-refractivity contribution in [3.63, 3.8) is 0 Å². The first kappa shape index (κ1) is 16.5. The van der Waals surface area contributed by atoms with Gasteiger partial charge in [0, 0.05) is 37.6 Å². The van der Waals surface area contributed by atoms with E-state index in [1.807, 2.05) is 11.1 Å². The summed E-state index contributed by atoms with van der Waals surface area (Å²) in [6.07, 6.45) is 7.11. The minimum atomic E-state index is -0.284. The van der Waals surface area contributed by atoms with E-state index in [1.165, 1.54) is 12.1 Å². The average Bonchev–Trinajstić information content (AvgIpc) is 3.11. The van der Waals surface area contributed by atoms with E-state index in [4.69, 9.17) is 4.74 Å². The molecule has 0 spiro atoms. The van der Waals surface area contributed by atoms with Crippen LogP contribution in [0.25, 0.3) is 5.78 Å². The number of piperidine rings is 1. The lowest BCUT2D eigenvalue weighted by atomic mass is 9.98. The van der Waals surface area contributed by atoms with Crippen LogP contribution in [0, 0.1) is 11.7 Å². The van der Waals surface area contributed by atoms with E-state index >= 15 is 0 Å². The summed E-state index contributed by atoms with van der Waals surface area (Å²) < 4.78 is 20.4. The van der Waals surface area contributed by atoms with Crippen molar-refractivity contribution < 1.29 is 13.9 Å². The van der Waals surface area contributed by atoms with Gasteiger partial charge in [0.2, 0.25) is 5.78 Å². The number of carbonyl (C=O) groups is 1. The van der Waals surface area contributed by atoms with E-state index in [-0.39, 0.29) is 17.6 Å². The molecule has 26 heavy (non-hydrogen) atoms. The van der Waals surface area contributed by atoms with Gasteiger partial charge < -0.3 is 9.64 Å². The molecule has 1 fully saturated rings. The van der Waals surface area contributed by atoms with Gasteiger partial charge in [-0.05, 0) is 43.2 Å². The maximum atomic E-state index is 12.9. The SMILES string of the molecule is O=C(c1cn2cccnc2n1)N1CCC[C@@H](COc2ccc(F)cc2)C1. The summed E-state index contributed by atoms with van der Waals surface area (Å²) in [6.45, 7) is 1.84. The van der Waals surface area contributed by atoms with Crippen molar-refractivity contribution in [1.29, 1.82) is 0 Å². The smallest absolute Gasteiger partial charge is 0.274 e. The number of halogens is 1. The first-order valence-electron chi connectivity index (χ1n) is 8.66. The third-order valence-corrected chi connectivity index (χ3v) is 4.56. The highest BCUT2D eigenvalue weighted by molar-refractivity contribution is 5.92. The van der Waals surface area contributed by atoms with E-state index in [2.05, 4.69) is 9.97 Å². The van der Waals surface area contributed by atoms with Crippen molar-refractivity contribution in [2.75, 3.05) is 19.7 Å². The highest BCUT2D eigenvalue weighted by Crippen LogP contribution is 2.20. The number of rotatable bonds is 4. The van der Waals surface area contributed by atoms with Crippen molar-refractivity contribution in [2.24, 2.45) is 5.92 Å². The van der Waals surface area contributed by atoms with E-state index in [0.717, 1.165) is 12.8 Å². The van der Waals surface area contributed by atoms with Gasteiger partial charge in [0.1, 0.15) is 17.3 Å². The van der Waals surface area contributed by atoms with Crippen LogP contribution in [0.2, 0.25) is 0 Å². The number of fused-ring (bicyclic) bond motifs is 1. The Morgan fingerprint density at radius 3 is 2.96 bits per heavy atom. The molecule has 4 rings (SSSR count). The summed E-state index contributed by atoms with van der Waals surface area (Å²) >= 11 is 0. The third kappa shape index (κ3) is 3.51. The topological polar surface area (TPSA) is 59.7 Å². The number of ether oxygens (including phenoxy) is 1. The molecule has 6 nitrogen and oxygen atoms in total. The van der Waals surface area contributed by atoms with Crippen molar-refractivity contribution in [3.05, 3.63) is 60.4 Å². The highest BCUT2D eigenvalue weighted by atomic mass is 19.1. The Labute approximate surface area is 150 Å². The normalized spacial score (nSPS) is 17.4. The van der Waals surface area contributed by atoms with Gasteiger partial charge in [-0.2, -0.15) is 0 Å². The number of hydrogen-bond donors (Lipinski definition) is 0. The molecule has 3 heterocycles. The highest BCUT2D eigenvalue weighted by Gasteiger charge is 2.26. The van der Waals surface area contributed by atoms with Crippen LogP contribution in [0.5, 0.6) is 5.75 Å². The fourth-order valence-corrected chi connectivity index (χ4v) is 3.23. The number of imidazole rings is 1. The molecule has 1 aromatic carbocycles. The van der Waals surface area contributed by atoms with Gasteiger partial charge in [-0.1, -0.05) is 0 Å². The molecule has 134 valence electrons. The van der Waals surface area contributed by atoms with Gasteiger partial charge in [-0.25, -0.2) is 14.4 Å². The van der Waals surface area contributed by atoms with Crippen LogP contribution >= 0.6 is 0 Å². The summed E-state index contributed by atoms with van der Waals surface area (Å²) in [5, 5.41) is 0. The Morgan fingerprint density at radius 2 is 2.15 bits per heavy atom. The summed E-state index contributed by atoms with van der Waals surface area (Å²) in [5.41, 5.74) is 0.406. The number of carbonyl (C=O) groups excluding carboxylic acids is 1. The molecule has 1 saturated heterocycles. The second kappa shape index (κ2) is 7.11. The van der Waals surface area contributed by atoms with Crippen molar-refractivity contribution in [1.82, 2.24) is 19.3 Å². The van der Waals surface area contributed by atoms with Crippen molar-refractivity contribution in [2.45, 2.75) is 12.8 Å². The zero-order valence-corrected chi connectivity index (χ0v) is 14.2. The molecule has 0 unspecified atom stereocenters. The number of aromatic nitrogens is 3. The lowest BCUT2D eigenvalue weighted by molar-refractivity contribution is 0.0628. The van der Waals surface area contributed by atoms with E-state index in [1.54, 1.807) is 35.0 Å². The van der Waals surface area contributed by atoms with Crippen LogP contribution in [-0.4, -0.2) is 44.9 Å². The molecule has 0 saturated carbocycles. The maximum Gasteiger partial charge on any atom is 0.274 e.